The van der Waals surface area contributed by atoms with Crippen molar-refractivity contribution in [3.63, 3.8) is 0 Å². The lowest BCUT2D eigenvalue weighted by Crippen LogP contribution is -2.49. The number of piperazine rings is 1. The van der Waals surface area contributed by atoms with Gasteiger partial charge in [-0.25, -0.2) is 0 Å². The Morgan fingerprint density at radius 3 is 2.54 bits per heavy atom. The first kappa shape index (κ1) is 17.1. The maximum absolute atomic E-state index is 13.0. The van der Waals surface area contributed by atoms with Gasteiger partial charge in [0.1, 0.15) is 0 Å². The second kappa shape index (κ2) is 7.09. The van der Waals surface area contributed by atoms with Crippen molar-refractivity contribution in [1.82, 2.24) is 14.9 Å². The molecule has 26 heavy (non-hydrogen) atoms. The van der Waals surface area contributed by atoms with Gasteiger partial charge in [-0.2, -0.15) is 0 Å². The summed E-state index contributed by atoms with van der Waals surface area (Å²) in [6, 6.07) is 9.11. The van der Waals surface area contributed by atoms with E-state index in [0.717, 1.165) is 11.1 Å². The van der Waals surface area contributed by atoms with Gasteiger partial charge in [-0.15, -0.1) is 0 Å². The van der Waals surface area contributed by atoms with Crippen LogP contribution in [0.1, 0.15) is 10.4 Å². The number of pyridine rings is 2. The van der Waals surface area contributed by atoms with Crippen LogP contribution in [-0.2, 0) is 0 Å². The molecule has 2 aromatic heterocycles. The van der Waals surface area contributed by atoms with Crippen molar-refractivity contribution in [3.05, 3.63) is 64.5 Å². The highest BCUT2D eigenvalue weighted by Crippen LogP contribution is 2.28. The Balaban J connectivity index is 1.55. The molecule has 7 heteroatoms. The van der Waals surface area contributed by atoms with E-state index in [1.807, 2.05) is 23.1 Å². The van der Waals surface area contributed by atoms with E-state index in [1.165, 1.54) is 0 Å². The summed E-state index contributed by atoms with van der Waals surface area (Å²) in [5.41, 5.74) is 2.18. The fourth-order valence-corrected chi connectivity index (χ4v) is 3.71. The molecule has 0 radical (unpaired) electrons. The number of nitrogens with zero attached hydrogens (tertiary/aromatic N) is 4. The molecule has 1 aromatic carbocycles. The first-order chi connectivity index (χ1) is 12.6. The van der Waals surface area contributed by atoms with Gasteiger partial charge in [-0.3, -0.25) is 14.8 Å². The highest BCUT2D eigenvalue weighted by Gasteiger charge is 2.25. The SMILES string of the molecule is O=C(c1ccc(Cl)c2cccnc12)N1CCN(c2ccncc2Cl)CC1. The predicted octanol–water partition coefficient (Wildman–Crippen LogP) is 3.90. The first-order valence-corrected chi connectivity index (χ1v) is 9.08. The minimum atomic E-state index is -0.0224. The second-order valence-corrected chi connectivity index (χ2v) is 6.92. The van der Waals surface area contributed by atoms with E-state index in [2.05, 4.69) is 14.9 Å². The molecule has 1 saturated heterocycles. The second-order valence-electron chi connectivity index (χ2n) is 6.10. The Morgan fingerprint density at radius 1 is 0.962 bits per heavy atom. The molecule has 5 nitrogen and oxygen atoms in total. The van der Waals surface area contributed by atoms with Crippen molar-refractivity contribution in [1.29, 1.82) is 0 Å². The molecule has 1 aliphatic heterocycles. The number of halogens is 2. The zero-order valence-corrected chi connectivity index (χ0v) is 15.4. The van der Waals surface area contributed by atoms with E-state index in [1.54, 1.807) is 30.7 Å². The van der Waals surface area contributed by atoms with Crippen LogP contribution in [0.25, 0.3) is 10.9 Å². The molecule has 0 spiro atoms. The maximum atomic E-state index is 13.0. The molecule has 1 aliphatic rings. The van der Waals surface area contributed by atoms with Gasteiger partial charge in [-0.05, 0) is 30.3 Å². The highest BCUT2D eigenvalue weighted by atomic mass is 35.5. The fourth-order valence-electron chi connectivity index (χ4n) is 3.26. The number of rotatable bonds is 2. The lowest BCUT2D eigenvalue weighted by Gasteiger charge is -2.36. The number of carbonyl (C=O) groups excluding carboxylic acids is 1. The number of carbonyl (C=O) groups is 1. The number of aromatic nitrogens is 2. The Labute approximate surface area is 161 Å². The van der Waals surface area contributed by atoms with Crippen molar-refractivity contribution in [3.8, 4) is 0 Å². The summed E-state index contributed by atoms with van der Waals surface area (Å²) in [5, 5.41) is 2.02. The van der Waals surface area contributed by atoms with Gasteiger partial charge in [0.25, 0.3) is 5.91 Å². The van der Waals surface area contributed by atoms with Crippen molar-refractivity contribution in [2.75, 3.05) is 31.1 Å². The Kier molecular flexibility index (Phi) is 4.66. The van der Waals surface area contributed by atoms with Crippen molar-refractivity contribution >= 4 is 45.7 Å². The summed E-state index contributed by atoms with van der Waals surface area (Å²) in [7, 11) is 0. The molecule has 1 fully saturated rings. The number of hydrogen-bond acceptors (Lipinski definition) is 4. The van der Waals surface area contributed by atoms with Crippen LogP contribution < -0.4 is 4.90 Å². The Morgan fingerprint density at radius 2 is 1.77 bits per heavy atom. The normalized spacial score (nSPS) is 14.7. The van der Waals surface area contributed by atoms with Gasteiger partial charge in [0.2, 0.25) is 0 Å². The van der Waals surface area contributed by atoms with Crippen LogP contribution in [0.5, 0.6) is 0 Å². The van der Waals surface area contributed by atoms with Gasteiger partial charge >= 0.3 is 0 Å². The molecule has 3 aromatic rings. The Bertz CT molecular complexity index is 971. The third-order valence-corrected chi connectivity index (χ3v) is 5.23. The number of benzene rings is 1. The fraction of sp³-hybridized carbons (Fsp3) is 0.211. The zero-order valence-electron chi connectivity index (χ0n) is 13.9. The summed E-state index contributed by atoms with van der Waals surface area (Å²) in [6.45, 7) is 2.67. The van der Waals surface area contributed by atoms with Gasteiger partial charge in [0, 0.05) is 50.2 Å². The third-order valence-electron chi connectivity index (χ3n) is 4.61. The molecule has 0 aliphatic carbocycles. The van der Waals surface area contributed by atoms with Crippen LogP contribution in [0, 0.1) is 0 Å². The molecule has 0 unspecified atom stereocenters. The molecule has 0 atom stereocenters. The molecule has 3 heterocycles. The van der Waals surface area contributed by atoms with Crippen LogP contribution in [0.3, 0.4) is 0 Å². The summed E-state index contributed by atoms with van der Waals surface area (Å²) >= 11 is 12.5. The molecule has 4 rings (SSSR count). The summed E-state index contributed by atoms with van der Waals surface area (Å²) in [6.07, 6.45) is 5.04. The highest BCUT2D eigenvalue weighted by molar-refractivity contribution is 6.36. The zero-order chi connectivity index (χ0) is 18.1. The lowest BCUT2D eigenvalue weighted by molar-refractivity contribution is 0.0748. The van der Waals surface area contributed by atoms with E-state index in [-0.39, 0.29) is 5.91 Å². The van der Waals surface area contributed by atoms with Gasteiger partial charge in [0.15, 0.2) is 0 Å². The summed E-state index contributed by atoms with van der Waals surface area (Å²) in [5.74, 6) is -0.0224. The minimum Gasteiger partial charge on any atom is -0.367 e. The number of amides is 1. The van der Waals surface area contributed by atoms with Crippen LogP contribution in [-0.4, -0.2) is 47.0 Å². The summed E-state index contributed by atoms with van der Waals surface area (Å²) < 4.78 is 0. The van der Waals surface area contributed by atoms with Crippen LogP contribution in [0.2, 0.25) is 10.0 Å². The molecule has 0 bridgehead atoms. The minimum absolute atomic E-state index is 0.0224. The molecule has 0 N–H and O–H groups in total. The van der Waals surface area contributed by atoms with Crippen molar-refractivity contribution < 1.29 is 4.79 Å². The molecular weight excluding hydrogens is 371 g/mol. The molecule has 1 amide bonds. The van der Waals surface area contributed by atoms with Crippen LogP contribution in [0.4, 0.5) is 5.69 Å². The van der Waals surface area contributed by atoms with Crippen molar-refractivity contribution in [2.45, 2.75) is 0 Å². The topological polar surface area (TPSA) is 49.3 Å². The third kappa shape index (κ3) is 3.08. The number of hydrogen-bond donors (Lipinski definition) is 0. The predicted molar refractivity (Wildman–Crippen MR) is 104 cm³/mol. The van der Waals surface area contributed by atoms with E-state index in [4.69, 9.17) is 23.2 Å². The van der Waals surface area contributed by atoms with Crippen molar-refractivity contribution in [2.24, 2.45) is 0 Å². The monoisotopic (exact) mass is 386 g/mol. The van der Waals surface area contributed by atoms with Gasteiger partial charge in [0.05, 0.1) is 26.8 Å². The van der Waals surface area contributed by atoms with Gasteiger partial charge in [-0.1, -0.05) is 23.2 Å². The quantitative estimate of drug-likeness (QED) is 0.669. The van der Waals surface area contributed by atoms with E-state index in [0.29, 0.717) is 47.3 Å². The van der Waals surface area contributed by atoms with Crippen LogP contribution >= 0.6 is 23.2 Å². The maximum Gasteiger partial charge on any atom is 0.256 e. The van der Waals surface area contributed by atoms with E-state index >= 15 is 0 Å². The average Bonchev–Trinajstić information content (AvgIpc) is 2.69. The van der Waals surface area contributed by atoms with E-state index in [9.17, 15) is 4.79 Å². The summed E-state index contributed by atoms with van der Waals surface area (Å²) in [4.78, 5) is 25.4. The average molecular weight is 387 g/mol. The standard InChI is InChI=1S/C19H16Cl2N4O/c20-15-4-3-14(18-13(15)2-1-6-23-18)19(26)25-10-8-24(9-11-25)17-5-7-22-12-16(17)21/h1-7,12H,8-11H2. The smallest absolute Gasteiger partial charge is 0.256 e. The molecule has 132 valence electrons. The lowest BCUT2D eigenvalue weighted by atomic mass is 10.1. The number of fused-ring (bicyclic) bond motifs is 1. The van der Waals surface area contributed by atoms with E-state index < -0.39 is 0 Å². The number of anilines is 1. The molecule has 0 saturated carbocycles. The largest absolute Gasteiger partial charge is 0.367 e. The Hall–Kier alpha value is -2.37. The molecular formula is C19H16Cl2N4O. The van der Waals surface area contributed by atoms with Crippen LogP contribution in [0.15, 0.2) is 48.9 Å². The van der Waals surface area contributed by atoms with Gasteiger partial charge < -0.3 is 9.80 Å². The first-order valence-electron chi connectivity index (χ1n) is 8.32.